The predicted molar refractivity (Wildman–Crippen MR) is 114 cm³/mol. The fourth-order valence-corrected chi connectivity index (χ4v) is 4.88. The lowest BCUT2D eigenvalue weighted by Gasteiger charge is -2.31. The van der Waals surface area contributed by atoms with Crippen molar-refractivity contribution in [3.63, 3.8) is 0 Å². The molecule has 0 spiro atoms. The highest BCUT2D eigenvalue weighted by Gasteiger charge is 2.28. The molecule has 154 valence electrons. The standard InChI is InChI=1S/C22H26N2O4S/c1-28-21-9-5-8-18(16-21)10-11-22(25)23-20-12-14-24(15-13-20)29(26,27)17-19-6-3-2-4-7-19/h2-11,16,20H,12-15,17H2,1H3,(H,23,25)/b11-10+. The molecule has 1 fully saturated rings. The second-order valence-corrected chi connectivity index (χ2v) is 9.00. The first kappa shape index (κ1) is 21.1. The number of piperidine rings is 1. The van der Waals surface area contributed by atoms with E-state index in [1.807, 2.05) is 54.6 Å². The van der Waals surface area contributed by atoms with E-state index in [-0.39, 0.29) is 17.7 Å². The molecule has 2 aromatic carbocycles. The van der Waals surface area contributed by atoms with E-state index in [1.165, 1.54) is 10.4 Å². The van der Waals surface area contributed by atoms with Gasteiger partial charge in [-0.25, -0.2) is 12.7 Å². The van der Waals surface area contributed by atoms with Crippen LogP contribution in [0.1, 0.15) is 24.0 Å². The Bertz CT molecular complexity index is 950. The van der Waals surface area contributed by atoms with Crippen LogP contribution in [0.25, 0.3) is 6.08 Å². The minimum atomic E-state index is -3.35. The third-order valence-electron chi connectivity index (χ3n) is 4.91. The average molecular weight is 415 g/mol. The maximum atomic E-state index is 12.6. The predicted octanol–water partition coefficient (Wildman–Crippen LogP) is 2.82. The SMILES string of the molecule is COc1cccc(/C=C/C(=O)NC2CCN(S(=O)(=O)Cc3ccccc3)CC2)c1. The molecule has 2 aromatic rings. The van der Waals surface area contributed by atoms with Gasteiger partial charge in [0, 0.05) is 25.2 Å². The number of hydrogen-bond acceptors (Lipinski definition) is 4. The van der Waals surface area contributed by atoms with E-state index in [4.69, 9.17) is 4.74 Å². The largest absolute Gasteiger partial charge is 0.497 e. The highest BCUT2D eigenvalue weighted by molar-refractivity contribution is 7.88. The molecular formula is C22H26N2O4S. The quantitative estimate of drug-likeness (QED) is 0.707. The fourth-order valence-electron chi connectivity index (χ4n) is 3.32. The number of amides is 1. The molecule has 0 unspecified atom stereocenters. The molecule has 0 atom stereocenters. The molecule has 0 aromatic heterocycles. The van der Waals surface area contributed by atoms with Gasteiger partial charge >= 0.3 is 0 Å². The Balaban J connectivity index is 1.49. The number of rotatable bonds is 7. The van der Waals surface area contributed by atoms with E-state index >= 15 is 0 Å². The first-order chi connectivity index (χ1) is 14.0. The van der Waals surface area contributed by atoms with Gasteiger partial charge in [-0.1, -0.05) is 42.5 Å². The third-order valence-corrected chi connectivity index (χ3v) is 6.76. The van der Waals surface area contributed by atoms with Crippen LogP contribution in [0.5, 0.6) is 5.75 Å². The molecule has 29 heavy (non-hydrogen) atoms. The van der Waals surface area contributed by atoms with Gasteiger partial charge in [0.15, 0.2) is 0 Å². The number of sulfonamides is 1. The van der Waals surface area contributed by atoms with Crippen LogP contribution in [-0.4, -0.2) is 44.9 Å². The minimum Gasteiger partial charge on any atom is -0.497 e. The molecule has 7 heteroatoms. The molecule has 1 aliphatic rings. The molecule has 0 radical (unpaired) electrons. The summed E-state index contributed by atoms with van der Waals surface area (Å²) < 4.78 is 31.9. The summed E-state index contributed by atoms with van der Waals surface area (Å²) in [6.07, 6.45) is 4.43. The van der Waals surface area contributed by atoms with Crippen molar-refractivity contribution < 1.29 is 17.9 Å². The number of benzene rings is 2. The topological polar surface area (TPSA) is 75.7 Å². The third kappa shape index (κ3) is 6.17. The number of nitrogens with one attached hydrogen (secondary N) is 1. The first-order valence-electron chi connectivity index (χ1n) is 9.60. The van der Waals surface area contributed by atoms with Gasteiger partial charge in [-0.15, -0.1) is 0 Å². The van der Waals surface area contributed by atoms with Gasteiger partial charge in [0.25, 0.3) is 0 Å². The van der Waals surface area contributed by atoms with Crippen molar-refractivity contribution in [2.24, 2.45) is 0 Å². The van der Waals surface area contributed by atoms with E-state index in [2.05, 4.69) is 5.32 Å². The number of carbonyl (C=O) groups excluding carboxylic acids is 1. The van der Waals surface area contributed by atoms with Gasteiger partial charge in [-0.05, 0) is 42.2 Å². The minimum absolute atomic E-state index is 0.00808. The lowest BCUT2D eigenvalue weighted by molar-refractivity contribution is -0.117. The molecule has 1 amide bonds. The second-order valence-electron chi connectivity index (χ2n) is 7.03. The first-order valence-corrected chi connectivity index (χ1v) is 11.2. The Labute approximate surface area is 172 Å². The molecule has 3 rings (SSSR count). The number of carbonyl (C=O) groups is 1. The van der Waals surface area contributed by atoms with Crippen LogP contribution >= 0.6 is 0 Å². The van der Waals surface area contributed by atoms with E-state index < -0.39 is 10.0 Å². The van der Waals surface area contributed by atoms with Gasteiger partial charge in [-0.2, -0.15) is 0 Å². The van der Waals surface area contributed by atoms with Crippen LogP contribution in [0.2, 0.25) is 0 Å². The maximum Gasteiger partial charge on any atom is 0.244 e. The molecule has 0 bridgehead atoms. The molecule has 1 N–H and O–H groups in total. The lowest BCUT2D eigenvalue weighted by atomic mass is 10.1. The van der Waals surface area contributed by atoms with Crippen LogP contribution in [-0.2, 0) is 20.6 Å². The van der Waals surface area contributed by atoms with E-state index in [9.17, 15) is 13.2 Å². The van der Waals surface area contributed by atoms with Crippen molar-refractivity contribution in [1.29, 1.82) is 0 Å². The lowest BCUT2D eigenvalue weighted by Crippen LogP contribution is -2.46. The van der Waals surface area contributed by atoms with Crippen LogP contribution in [0.4, 0.5) is 0 Å². The normalized spacial score (nSPS) is 16.0. The smallest absolute Gasteiger partial charge is 0.244 e. The zero-order valence-corrected chi connectivity index (χ0v) is 17.3. The van der Waals surface area contributed by atoms with Gasteiger partial charge in [0.1, 0.15) is 5.75 Å². The number of methoxy groups -OCH3 is 1. The van der Waals surface area contributed by atoms with Gasteiger partial charge in [-0.3, -0.25) is 4.79 Å². The van der Waals surface area contributed by atoms with Crippen LogP contribution in [0.3, 0.4) is 0 Å². The van der Waals surface area contributed by atoms with Gasteiger partial charge in [0.05, 0.1) is 12.9 Å². The summed E-state index contributed by atoms with van der Waals surface area (Å²) >= 11 is 0. The Morgan fingerprint density at radius 2 is 1.86 bits per heavy atom. The molecule has 6 nitrogen and oxygen atoms in total. The fraction of sp³-hybridized carbons (Fsp3) is 0.318. The van der Waals surface area contributed by atoms with Crippen molar-refractivity contribution >= 4 is 22.0 Å². The van der Waals surface area contributed by atoms with E-state index in [0.29, 0.717) is 25.9 Å². The van der Waals surface area contributed by atoms with Gasteiger partial charge in [0.2, 0.25) is 15.9 Å². The van der Waals surface area contributed by atoms with Crippen molar-refractivity contribution in [1.82, 2.24) is 9.62 Å². The summed E-state index contributed by atoms with van der Waals surface area (Å²) in [5.41, 5.74) is 1.66. The van der Waals surface area contributed by atoms with E-state index in [1.54, 1.807) is 13.2 Å². The Hall–Kier alpha value is -2.64. The maximum absolute atomic E-state index is 12.6. The van der Waals surface area contributed by atoms with Crippen molar-refractivity contribution in [2.75, 3.05) is 20.2 Å². The summed E-state index contributed by atoms with van der Waals surface area (Å²) in [7, 11) is -1.75. The zero-order chi connectivity index (χ0) is 20.7. The second kappa shape index (κ2) is 9.71. The number of nitrogens with zero attached hydrogens (tertiary/aromatic N) is 1. The van der Waals surface area contributed by atoms with Crippen molar-refractivity contribution in [3.05, 3.63) is 71.8 Å². The zero-order valence-electron chi connectivity index (χ0n) is 16.5. The molecule has 1 aliphatic heterocycles. The van der Waals surface area contributed by atoms with Crippen LogP contribution in [0.15, 0.2) is 60.7 Å². The summed E-state index contributed by atoms with van der Waals surface area (Å²) in [4.78, 5) is 12.2. The highest BCUT2D eigenvalue weighted by Crippen LogP contribution is 2.18. The van der Waals surface area contributed by atoms with Crippen molar-refractivity contribution in [3.8, 4) is 5.75 Å². The Morgan fingerprint density at radius 3 is 2.55 bits per heavy atom. The van der Waals surface area contributed by atoms with Gasteiger partial charge < -0.3 is 10.1 Å². The number of hydrogen-bond donors (Lipinski definition) is 1. The summed E-state index contributed by atoms with van der Waals surface area (Å²) in [6.45, 7) is 0.833. The average Bonchev–Trinajstić information content (AvgIpc) is 2.73. The molecule has 0 saturated carbocycles. The van der Waals surface area contributed by atoms with Crippen LogP contribution in [0, 0.1) is 0 Å². The summed E-state index contributed by atoms with van der Waals surface area (Å²) in [5.74, 6) is 0.559. The highest BCUT2D eigenvalue weighted by atomic mass is 32.2. The molecule has 1 saturated heterocycles. The van der Waals surface area contributed by atoms with Crippen LogP contribution < -0.4 is 10.1 Å². The molecule has 0 aliphatic carbocycles. The summed E-state index contributed by atoms with van der Waals surface area (Å²) in [6, 6.07) is 16.6. The molecular weight excluding hydrogens is 388 g/mol. The summed E-state index contributed by atoms with van der Waals surface area (Å²) in [5, 5.41) is 2.96. The van der Waals surface area contributed by atoms with Crippen molar-refractivity contribution in [2.45, 2.75) is 24.6 Å². The molecule has 1 heterocycles. The monoisotopic (exact) mass is 414 g/mol. The van der Waals surface area contributed by atoms with E-state index in [0.717, 1.165) is 16.9 Å². The Kier molecular flexibility index (Phi) is 7.06. The Morgan fingerprint density at radius 1 is 1.14 bits per heavy atom. The number of ether oxygens (including phenoxy) is 1.